The number of hydrogen-bond acceptors (Lipinski definition) is 3. The first-order valence-electron chi connectivity index (χ1n) is 10.3. The second kappa shape index (κ2) is 8.78. The molecule has 0 saturated carbocycles. The summed E-state index contributed by atoms with van der Waals surface area (Å²) < 4.78 is 6.05. The molecule has 0 fully saturated rings. The Hall–Kier alpha value is -2.33. The van der Waals surface area contributed by atoms with Crippen LogP contribution in [0.25, 0.3) is 0 Å². The third-order valence-corrected chi connectivity index (χ3v) is 6.08. The Morgan fingerprint density at radius 1 is 1.11 bits per heavy atom. The predicted molar refractivity (Wildman–Crippen MR) is 111 cm³/mol. The maximum absolute atomic E-state index is 12.5. The molecule has 3 rings (SSSR count). The Kier molecular flexibility index (Phi) is 6.40. The molecule has 0 aromatic heterocycles. The van der Waals surface area contributed by atoms with E-state index >= 15 is 0 Å². The van der Waals surface area contributed by atoms with Gasteiger partial charge < -0.3 is 14.7 Å². The monoisotopic (exact) mass is 381 g/mol. The Morgan fingerprint density at radius 3 is 2.57 bits per heavy atom. The van der Waals surface area contributed by atoms with Gasteiger partial charge in [0.15, 0.2) is 6.23 Å². The van der Waals surface area contributed by atoms with Crippen molar-refractivity contribution >= 4 is 5.91 Å². The SMILES string of the molecule is CCC(C)(CC)COc1cccc(CCCN2C(=O)c3ccccc3C2O)c1. The normalized spacial score (nSPS) is 16.4. The third-order valence-electron chi connectivity index (χ3n) is 6.08. The summed E-state index contributed by atoms with van der Waals surface area (Å²) in [7, 11) is 0. The highest BCUT2D eigenvalue weighted by atomic mass is 16.5. The van der Waals surface area contributed by atoms with E-state index in [2.05, 4.69) is 32.9 Å². The molecule has 28 heavy (non-hydrogen) atoms. The molecule has 1 heterocycles. The molecule has 4 heteroatoms. The molecule has 1 aliphatic heterocycles. The molecule has 1 amide bonds. The van der Waals surface area contributed by atoms with E-state index in [1.807, 2.05) is 30.3 Å². The number of aliphatic hydroxyl groups is 1. The van der Waals surface area contributed by atoms with Crippen LogP contribution < -0.4 is 4.74 Å². The van der Waals surface area contributed by atoms with Gasteiger partial charge in [0.2, 0.25) is 0 Å². The molecule has 1 unspecified atom stereocenters. The number of ether oxygens (including phenoxy) is 1. The summed E-state index contributed by atoms with van der Waals surface area (Å²) >= 11 is 0. The fraction of sp³-hybridized carbons (Fsp3) is 0.458. The van der Waals surface area contributed by atoms with Crippen LogP contribution in [0.4, 0.5) is 0 Å². The van der Waals surface area contributed by atoms with Crippen LogP contribution in [0, 0.1) is 5.41 Å². The molecule has 0 spiro atoms. The van der Waals surface area contributed by atoms with Crippen molar-refractivity contribution < 1.29 is 14.6 Å². The molecule has 0 saturated heterocycles. The smallest absolute Gasteiger partial charge is 0.256 e. The quantitative estimate of drug-likeness (QED) is 0.667. The van der Waals surface area contributed by atoms with E-state index in [0.717, 1.165) is 38.0 Å². The Morgan fingerprint density at radius 2 is 1.86 bits per heavy atom. The van der Waals surface area contributed by atoms with Crippen LogP contribution in [0.5, 0.6) is 5.75 Å². The van der Waals surface area contributed by atoms with Gasteiger partial charge in [-0.3, -0.25) is 4.79 Å². The predicted octanol–water partition coefficient (Wildman–Crippen LogP) is 4.97. The lowest BCUT2D eigenvalue weighted by Crippen LogP contribution is -2.29. The minimum absolute atomic E-state index is 0.0846. The minimum Gasteiger partial charge on any atom is -0.493 e. The molecule has 150 valence electrons. The molecule has 0 radical (unpaired) electrons. The van der Waals surface area contributed by atoms with Crippen molar-refractivity contribution in [1.82, 2.24) is 4.90 Å². The van der Waals surface area contributed by atoms with Gasteiger partial charge in [0.05, 0.1) is 6.61 Å². The van der Waals surface area contributed by atoms with Crippen molar-refractivity contribution in [2.75, 3.05) is 13.2 Å². The number of aryl methyl sites for hydroxylation is 1. The van der Waals surface area contributed by atoms with Crippen LogP contribution in [0.2, 0.25) is 0 Å². The van der Waals surface area contributed by atoms with E-state index in [1.54, 1.807) is 11.0 Å². The summed E-state index contributed by atoms with van der Waals surface area (Å²) in [6.07, 6.45) is 2.99. The van der Waals surface area contributed by atoms with E-state index in [9.17, 15) is 9.90 Å². The Balaban J connectivity index is 1.54. The highest BCUT2D eigenvalue weighted by molar-refractivity contribution is 5.98. The van der Waals surface area contributed by atoms with Crippen molar-refractivity contribution in [3.63, 3.8) is 0 Å². The van der Waals surface area contributed by atoms with Gasteiger partial charge in [-0.05, 0) is 49.4 Å². The largest absolute Gasteiger partial charge is 0.493 e. The van der Waals surface area contributed by atoms with Gasteiger partial charge in [0, 0.05) is 23.1 Å². The van der Waals surface area contributed by atoms with E-state index in [4.69, 9.17) is 4.74 Å². The molecule has 2 aromatic carbocycles. The topological polar surface area (TPSA) is 49.8 Å². The van der Waals surface area contributed by atoms with Crippen molar-refractivity contribution in [3.8, 4) is 5.75 Å². The maximum atomic E-state index is 12.5. The first kappa shape index (κ1) is 20.4. The fourth-order valence-electron chi connectivity index (χ4n) is 3.53. The average Bonchev–Trinajstić information content (AvgIpc) is 2.97. The number of benzene rings is 2. The highest BCUT2D eigenvalue weighted by Gasteiger charge is 2.34. The van der Waals surface area contributed by atoms with Gasteiger partial charge in [-0.1, -0.05) is 51.1 Å². The van der Waals surface area contributed by atoms with Crippen molar-refractivity contribution in [2.45, 2.75) is 52.7 Å². The lowest BCUT2D eigenvalue weighted by Gasteiger charge is -2.26. The summed E-state index contributed by atoms with van der Waals surface area (Å²) in [6, 6.07) is 15.5. The Bertz CT molecular complexity index is 813. The van der Waals surface area contributed by atoms with Gasteiger partial charge in [0.1, 0.15) is 5.75 Å². The second-order valence-electron chi connectivity index (χ2n) is 8.02. The standard InChI is InChI=1S/C24H31NO3/c1-4-24(3,5-2)17-28-19-12-8-10-18(16-19)11-9-15-25-22(26)20-13-6-7-14-21(20)23(25)27/h6-8,10,12-14,16,22,26H,4-5,9,11,15,17H2,1-3H3. The van der Waals surface area contributed by atoms with Crippen LogP contribution >= 0.6 is 0 Å². The first-order chi connectivity index (χ1) is 13.5. The second-order valence-corrected chi connectivity index (χ2v) is 8.02. The summed E-state index contributed by atoms with van der Waals surface area (Å²) in [5.41, 5.74) is 2.71. The van der Waals surface area contributed by atoms with Gasteiger partial charge in [-0.25, -0.2) is 0 Å². The summed E-state index contributed by atoms with van der Waals surface area (Å²) in [4.78, 5) is 14.0. The number of hydrogen-bond donors (Lipinski definition) is 1. The van der Waals surface area contributed by atoms with Crippen molar-refractivity contribution in [3.05, 3.63) is 65.2 Å². The minimum atomic E-state index is -0.834. The van der Waals surface area contributed by atoms with Crippen LogP contribution in [-0.2, 0) is 6.42 Å². The van der Waals surface area contributed by atoms with Crippen LogP contribution in [0.15, 0.2) is 48.5 Å². The molecule has 1 N–H and O–H groups in total. The zero-order chi connectivity index (χ0) is 20.1. The first-order valence-corrected chi connectivity index (χ1v) is 10.3. The van der Waals surface area contributed by atoms with Crippen molar-refractivity contribution in [2.24, 2.45) is 5.41 Å². The lowest BCUT2D eigenvalue weighted by molar-refractivity contribution is 0.0172. The molecule has 0 aliphatic carbocycles. The summed E-state index contributed by atoms with van der Waals surface area (Å²) in [6.45, 7) is 7.91. The van der Waals surface area contributed by atoms with Crippen LogP contribution in [-0.4, -0.2) is 29.1 Å². The summed E-state index contributed by atoms with van der Waals surface area (Å²) in [5.74, 6) is 0.814. The van der Waals surface area contributed by atoms with Gasteiger partial charge >= 0.3 is 0 Å². The van der Waals surface area contributed by atoms with Gasteiger partial charge in [-0.15, -0.1) is 0 Å². The highest BCUT2D eigenvalue weighted by Crippen LogP contribution is 2.31. The molecule has 4 nitrogen and oxygen atoms in total. The fourth-order valence-corrected chi connectivity index (χ4v) is 3.53. The number of amides is 1. The van der Waals surface area contributed by atoms with E-state index in [-0.39, 0.29) is 11.3 Å². The van der Waals surface area contributed by atoms with Crippen LogP contribution in [0.1, 0.15) is 67.7 Å². The molecule has 2 aromatic rings. The van der Waals surface area contributed by atoms with E-state index < -0.39 is 6.23 Å². The number of fused-ring (bicyclic) bond motifs is 1. The molecule has 1 atom stereocenters. The summed E-state index contributed by atoms with van der Waals surface area (Å²) in [5, 5.41) is 10.4. The number of carbonyl (C=O) groups excluding carboxylic acids is 1. The lowest BCUT2D eigenvalue weighted by atomic mass is 9.86. The van der Waals surface area contributed by atoms with Crippen LogP contribution in [0.3, 0.4) is 0 Å². The zero-order valence-corrected chi connectivity index (χ0v) is 17.1. The third kappa shape index (κ3) is 4.39. The number of aliphatic hydroxyl groups excluding tert-OH is 1. The molecular weight excluding hydrogens is 350 g/mol. The average molecular weight is 382 g/mol. The number of nitrogens with zero attached hydrogens (tertiary/aromatic N) is 1. The molecular formula is C24H31NO3. The Labute approximate surface area is 168 Å². The van der Waals surface area contributed by atoms with Crippen molar-refractivity contribution in [1.29, 1.82) is 0 Å². The van der Waals surface area contributed by atoms with E-state index in [0.29, 0.717) is 17.7 Å². The zero-order valence-electron chi connectivity index (χ0n) is 17.1. The molecule has 1 aliphatic rings. The number of carbonyl (C=O) groups is 1. The van der Waals surface area contributed by atoms with Gasteiger partial charge in [-0.2, -0.15) is 0 Å². The number of rotatable bonds is 9. The maximum Gasteiger partial charge on any atom is 0.256 e. The van der Waals surface area contributed by atoms with Gasteiger partial charge in [0.25, 0.3) is 5.91 Å². The molecule has 0 bridgehead atoms. The van der Waals surface area contributed by atoms with E-state index in [1.165, 1.54) is 5.56 Å².